The molecule has 1 aromatic carbocycles. The average molecular weight is 431 g/mol. The zero-order valence-electron chi connectivity index (χ0n) is 16.4. The highest BCUT2D eigenvalue weighted by molar-refractivity contribution is 5.92. The molecule has 0 bridgehead atoms. The maximum atomic E-state index is 13.0. The van der Waals surface area contributed by atoms with Crippen LogP contribution in [0.15, 0.2) is 65.3 Å². The van der Waals surface area contributed by atoms with E-state index in [1.165, 1.54) is 18.2 Å². The van der Waals surface area contributed by atoms with Gasteiger partial charge < -0.3 is 19.4 Å². The van der Waals surface area contributed by atoms with Gasteiger partial charge in [-0.05, 0) is 36.4 Å². The Morgan fingerprint density at radius 2 is 2.00 bits per heavy atom. The molecule has 1 aliphatic rings. The fourth-order valence-electron chi connectivity index (χ4n) is 3.38. The van der Waals surface area contributed by atoms with Crippen LogP contribution in [0, 0.1) is 0 Å². The summed E-state index contributed by atoms with van der Waals surface area (Å²) in [6.07, 6.45) is -1.15. The van der Waals surface area contributed by atoms with Crippen molar-refractivity contribution in [2.24, 2.45) is 0 Å². The number of aromatic nitrogens is 1. The lowest BCUT2D eigenvalue weighted by Crippen LogP contribution is -2.55. The molecule has 1 amide bonds. The molecule has 3 aromatic rings. The number of carbonyl (C=O) groups excluding carboxylic acids is 1. The molecule has 1 atom stereocenters. The Morgan fingerprint density at radius 1 is 1.19 bits per heavy atom. The summed E-state index contributed by atoms with van der Waals surface area (Å²) in [5.41, 5.74) is -0.278. The third-order valence-electron chi connectivity index (χ3n) is 5.00. The summed E-state index contributed by atoms with van der Waals surface area (Å²) in [5, 5.41) is 3.24. The lowest BCUT2D eigenvalue weighted by Gasteiger charge is -2.35. The van der Waals surface area contributed by atoms with Crippen LogP contribution in [0.4, 0.5) is 13.2 Å². The zero-order chi connectivity index (χ0) is 21.8. The second-order valence-electron chi connectivity index (χ2n) is 7.10. The minimum Gasteiger partial charge on any atom is -0.490 e. The fourth-order valence-corrected chi connectivity index (χ4v) is 3.38. The molecule has 9 heteroatoms. The predicted molar refractivity (Wildman–Crippen MR) is 107 cm³/mol. The van der Waals surface area contributed by atoms with Gasteiger partial charge in [0.1, 0.15) is 18.1 Å². The number of carbonyl (C=O) groups is 1. The first-order valence-corrected chi connectivity index (χ1v) is 9.74. The summed E-state index contributed by atoms with van der Waals surface area (Å²) in [4.78, 5) is 18.7. The number of hydrogen-bond acceptors (Lipinski definition) is 5. The van der Waals surface area contributed by atoms with E-state index < -0.39 is 11.7 Å². The van der Waals surface area contributed by atoms with Gasteiger partial charge in [-0.3, -0.25) is 9.78 Å². The zero-order valence-corrected chi connectivity index (χ0v) is 16.4. The molecule has 0 saturated carbocycles. The Morgan fingerprint density at radius 3 is 2.71 bits per heavy atom. The molecule has 0 aliphatic carbocycles. The molecule has 3 heterocycles. The van der Waals surface area contributed by atoms with Gasteiger partial charge in [0.15, 0.2) is 5.76 Å². The number of hydrogen-bond donors (Lipinski definition) is 1. The number of nitrogens with zero attached hydrogens (tertiary/aromatic N) is 2. The van der Waals surface area contributed by atoms with Crippen LogP contribution in [-0.2, 0) is 6.18 Å². The van der Waals surface area contributed by atoms with Crippen molar-refractivity contribution in [3.8, 4) is 17.1 Å². The van der Waals surface area contributed by atoms with Gasteiger partial charge in [0.05, 0.1) is 17.8 Å². The van der Waals surface area contributed by atoms with E-state index in [2.05, 4.69) is 10.3 Å². The minimum absolute atomic E-state index is 0.128. The van der Waals surface area contributed by atoms with Gasteiger partial charge in [0.2, 0.25) is 0 Å². The molecule has 0 spiro atoms. The Labute approximate surface area is 176 Å². The first-order chi connectivity index (χ1) is 14.9. The fraction of sp³-hybridized carbons (Fsp3) is 0.273. The average Bonchev–Trinajstić information content (AvgIpc) is 3.28. The van der Waals surface area contributed by atoms with E-state index in [0.29, 0.717) is 36.7 Å². The van der Waals surface area contributed by atoms with Crippen LogP contribution >= 0.6 is 0 Å². The van der Waals surface area contributed by atoms with Gasteiger partial charge in [-0.15, -0.1) is 0 Å². The highest BCUT2D eigenvalue weighted by Crippen LogP contribution is 2.31. The summed E-state index contributed by atoms with van der Waals surface area (Å²) in [5.74, 6) is 0.779. The second kappa shape index (κ2) is 8.81. The molecular weight excluding hydrogens is 411 g/mol. The van der Waals surface area contributed by atoms with Gasteiger partial charge in [-0.25, -0.2) is 0 Å². The first-order valence-electron chi connectivity index (χ1n) is 9.74. The summed E-state index contributed by atoms with van der Waals surface area (Å²) in [7, 11) is 0. The van der Waals surface area contributed by atoms with E-state index in [1.54, 1.807) is 35.5 Å². The SMILES string of the molecule is O=C(c1ccc(-c2ccc(C(F)(F)F)cc2)o1)N1CCNCC1COc1cccnc1. The standard InChI is InChI=1S/C22H20F3N3O3/c23-22(24,25)16-5-3-15(4-6-16)19-7-8-20(31-19)21(29)28-11-10-27-12-17(28)14-30-18-2-1-9-26-13-18/h1-9,13,17,27H,10-12,14H2. The van der Waals surface area contributed by atoms with E-state index in [4.69, 9.17) is 9.15 Å². The lowest BCUT2D eigenvalue weighted by atomic mass is 10.1. The number of rotatable bonds is 5. The Bertz CT molecular complexity index is 1020. The maximum absolute atomic E-state index is 13.0. The molecule has 162 valence electrons. The number of benzene rings is 1. The second-order valence-corrected chi connectivity index (χ2v) is 7.10. The number of amides is 1. The number of halogens is 3. The molecule has 1 aliphatic heterocycles. The molecule has 1 fully saturated rings. The number of ether oxygens (including phenoxy) is 1. The lowest BCUT2D eigenvalue weighted by molar-refractivity contribution is -0.137. The van der Waals surface area contributed by atoms with E-state index in [0.717, 1.165) is 12.1 Å². The topological polar surface area (TPSA) is 67.6 Å². The van der Waals surface area contributed by atoms with Crippen LogP contribution in [0.3, 0.4) is 0 Å². The van der Waals surface area contributed by atoms with Gasteiger partial charge >= 0.3 is 6.18 Å². The van der Waals surface area contributed by atoms with Crippen molar-refractivity contribution < 1.29 is 27.1 Å². The number of nitrogens with one attached hydrogen (secondary N) is 1. The monoisotopic (exact) mass is 431 g/mol. The van der Waals surface area contributed by atoms with Crippen LogP contribution < -0.4 is 10.1 Å². The third kappa shape index (κ3) is 4.88. The summed E-state index contributed by atoms with van der Waals surface area (Å²) in [6.45, 7) is 1.98. The number of alkyl halides is 3. The number of furan rings is 1. The molecule has 0 radical (unpaired) electrons. The van der Waals surface area contributed by atoms with Gasteiger partial charge in [-0.1, -0.05) is 12.1 Å². The van der Waals surface area contributed by atoms with Crippen LogP contribution in [0.2, 0.25) is 0 Å². The molecule has 4 rings (SSSR count). The van der Waals surface area contributed by atoms with Crippen molar-refractivity contribution in [3.05, 3.63) is 72.2 Å². The highest BCUT2D eigenvalue weighted by atomic mass is 19.4. The van der Waals surface area contributed by atoms with Crippen LogP contribution in [0.5, 0.6) is 5.75 Å². The van der Waals surface area contributed by atoms with Crippen molar-refractivity contribution in [3.63, 3.8) is 0 Å². The van der Waals surface area contributed by atoms with Crippen molar-refractivity contribution in [1.82, 2.24) is 15.2 Å². The Kier molecular flexibility index (Phi) is 5.94. The van der Waals surface area contributed by atoms with Crippen molar-refractivity contribution in [1.29, 1.82) is 0 Å². The first kappa shape index (κ1) is 20.9. The summed E-state index contributed by atoms with van der Waals surface area (Å²) >= 11 is 0. The number of pyridine rings is 1. The van der Waals surface area contributed by atoms with E-state index in [9.17, 15) is 18.0 Å². The molecule has 31 heavy (non-hydrogen) atoms. The smallest absolute Gasteiger partial charge is 0.416 e. The van der Waals surface area contributed by atoms with Crippen LogP contribution in [0.1, 0.15) is 16.1 Å². The highest BCUT2D eigenvalue weighted by Gasteiger charge is 2.31. The van der Waals surface area contributed by atoms with E-state index >= 15 is 0 Å². The molecule has 2 aromatic heterocycles. The molecular formula is C22H20F3N3O3. The molecule has 1 unspecified atom stereocenters. The summed E-state index contributed by atoms with van der Waals surface area (Å²) < 4.78 is 49.7. The van der Waals surface area contributed by atoms with Gasteiger partial charge in [-0.2, -0.15) is 13.2 Å². The van der Waals surface area contributed by atoms with Crippen LogP contribution in [0.25, 0.3) is 11.3 Å². The predicted octanol–water partition coefficient (Wildman–Crippen LogP) is 3.85. The van der Waals surface area contributed by atoms with Crippen molar-refractivity contribution >= 4 is 5.91 Å². The molecule has 6 nitrogen and oxygen atoms in total. The Hall–Kier alpha value is -3.33. The van der Waals surface area contributed by atoms with E-state index in [-0.39, 0.29) is 24.3 Å². The van der Waals surface area contributed by atoms with Crippen molar-refractivity contribution in [2.75, 3.05) is 26.2 Å². The normalized spacial score (nSPS) is 16.9. The molecule has 1 N–H and O–H groups in total. The van der Waals surface area contributed by atoms with E-state index in [1.807, 2.05) is 0 Å². The third-order valence-corrected chi connectivity index (χ3v) is 5.00. The van der Waals surface area contributed by atoms with Gasteiger partial charge in [0, 0.05) is 31.4 Å². The minimum atomic E-state index is -4.40. The quantitative estimate of drug-likeness (QED) is 0.665. The largest absolute Gasteiger partial charge is 0.490 e. The Balaban J connectivity index is 1.46. The number of piperazine rings is 1. The maximum Gasteiger partial charge on any atom is 0.416 e. The van der Waals surface area contributed by atoms with Crippen LogP contribution in [-0.4, -0.2) is 48.1 Å². The van der Waals surface area contributed by atoms with Crippen molar-refractivity contribution in [2.45, 2.75) is 12.2 Å². The molecule has 1 saturated heterocycles. The summed E-state index contributed by atoms with van der Waals surface area (Å²) in [6, 6.07) is 11.1. The van der Waals surface area contributed by atoms with Gasteiger partial charge in [0.25, 0.3) is 5.91 Å².